The van der Waals surface area contributed by atoms with E-state index in [-0.39, 0.29) is 11.5 Å². The van der Waals surface area contributed by atoms with Crippen LogP contribution in [0.15, 0.2) is 11.6 Å². The molecule has 0 aliphatic carbocycles. The van der Waals surface area contributed by atoms with E-state index < -0.39 is 17.9 Å². The van der Waals surface area contributed by atoms with Crippen molar-refractivity contribution >= 4 is 11.9 Å². The van der Waals surface area contributed by atoms with Gasteiger partial charge in [0.05, 0.1) is 5.92 Å². The lowest BCUT2D eigenvalue weighted by Crippen LogP contribution is -2.18. The fourth-order valence-electron chi connectivity index (χ4n) is 0.893. The summed E-state index contributed by atoms with van der Waals surface area (Å²) in [5.74, 6) is -3.20. The summed E-state index contributed by atoms with van der Waals surface area (Å²) < 4.78 is 0. The summed E-state index contributed by atoms with van der Waals surface area (Å²) >= 11 is 0. The number of hydrogen-bond acceptors (Lipinski definition) is 2. The van der Waals surface area contributed by atoms with Crippen molar-refractivity contribution in [1.29, 1.82) is 0 Å². The maximum Gasteiger partial charge on any atom is 0.332 e. The molecule has 0 fully saturated rings. The molecule has 0 amide bonds. The van der Waals surface area contributed by atoms with E-state index in [9.17, 15) is 9.59 Å². The second kappa shape index (κ2) is 4.64. The summed E-state index contributed by atoms with van der Waals surface area (Å²) in [4.78, 5) is 21.2. The molecule has 0 aromatic heterocycles. The van der Waals surface area contributed by atoms with E-state index >= 15 is 0 Å². The van der Waals surface area contributed by atoms with Gasteiger partial charge in [-0.25, -0.2) is 4.79 Å². The zero-order valence-corrected chi connectivity index (χ0v) is 7.94. The minimum Gasteiger partial charge on any atom is -0.481 e. The van der Waals surface area contributed by atoms with Crippen molar-refractivity contribution < 1.29 is 19.8 Å². The third kappa shape index (κ3) is 3.73. The quantitative estimate of drug-likeness (QED) is 0.650. The molecule has 0 aromatic carbocycles. The first-order valence-corrected chi connectivity index (χ1v) is 4.04. The zero-order chi connectivity index (χ0) is 10.6. The molecule has 13 heavy (non-hydrogen) atoms. The summed E-state index contributed by atoms with van der Waals surface area (Å²) in [5, 5.41) is 17.3. The van der Waals surface area contributed by atoms with Gasteiger partial charge in [-0.2, -0.15) is 0 Å². The maximum atomic E-state index is 10.6. The van der Waals surface area contributed by atoms with E-state index in [0.29, 0.717) is 0 Å². The first-order chi connectivity index (χ1) is 5.86. The van der Waals surface area contributed by atoms with Crippen molar-refractivity contribution in [3.05, 3.63) is 11.6 Å². The molecule has 1 unspecified atom stereocenters. The topological polar surface area (TPSA) is 74.6 Å². The van der Waals surface area contributed by atoms with Crippen LogP contribution < -0.4 is 0 Å². The Kier molecular flexibility index (Phi) is 4.17. The van der Waals surface area contributed by atoms with Gasteiger partial charge in [-0.3, -0.25) is 4.79 Å². The average molecular weight is 186 g/mol. The molecule has 0 aliphatic heterocycles. The molecule has 0 radical (unpaired) electrons. The van der Waals surface area contributed by atoms with Crippen LogP contribution >= 0.6 is 0 Å². The van der Waals surface area contributed by atoms with Crippen LogP contribution in [0.3, 0.4) is 0 Å². The van der Waals surface area contributed by atoms with Crippen molar-refractivity contribution in [2.75, 3.05) is 0 Å². The van der Waals surface area contributed by atoms with Gasteiger partial charge in [0.2, 0.25) is 0 Å². The van der Waals surface area contributed by atoms with Crippen LogP contribution in [-0.2, 0) is 9.59 Å². The molecule has 2 N–H and O–H groups in total. The molecule has 74 valence electrons. The molecule has 0 aliphatic rings. The lowest BCUT2D eigenvalue weighted by atomic mass is 9.98. The molecule has 4 heteroatoms. The molecule has 0 saturated heterocycles. The highest BCUT2D eigenvalue weighted by atomic mass is 16.4. The highest BCUT2D eigenvalue weighted by Gasteiger charge is 2.22. The Balaban J connectivity index is 4.82. The lowest BCUT2D eigenvalue weighted by molar-refractivity contribution is -0.143. The van der Waals surface area contributed by atoms with Gasteiger partial charge in [0.25, 0.3) is 0 Å². The van der Waals surface area contributed by atoms with E-state index in [2.05, 4.69) is 0 Å². The summed E-state index contributed by atoms with van der Waals surface area (Å²) in [6.45, 7) is 4.97. The number of rotatable bonds is 4. The van der Waals surface area contributed by atoms with E-state index in [1.54, 1.807) is 13.8 Å². The van der Waals surface area contributed by atoms with Crippen LogP contribution in [0.2, 0.25) is 0 Å². The number of hydrogen-bond donors (Lipinski definition) is 2. The number of carbonyl (C=O) groups is 2. The molecular weight excluding hydrogens is 172 g/mol. The first-order valence-electron chi connectivity index (χ1n) is 4.04. The largest absolute Gasteiger partial charge is 0.481 e. The van der Waals surface area contributed by atoms with Gasteiger partial charge in [0.1, 0.15) is 0 Å². The Bertz CT molecular complexity index is 240. The van der Waals surface area contributed by atoms with Crippen molar-refractivity contribution in [3.8, 4) is 0 Å². The molecule has 0 bridgehead atoms. The molecule has 4 nitrogen and oxygen atoms in total. The van der Waals surface area contributed by atoms with Crippen molar-refractivity contribution in [2.24, 2.45) is 11.8 Å². The van der Waals surface area contributed by atoms with Crippen LogP contribution in [0.25, 0.3) is 0 Å². The molecule has 1 atom stereocenters. The number of allylic oxidation sites excluding steroid dienone is 1. The van der Waals surface area contributed by atoms with Gasteiger partial charge in [-0.05, 0) is 12.8 Å². The Labute approximate surface area is 76.9 Å². The van der Waals surface area contributed by atoms with Crippen LogP contribution in [0, 0.1) is 11.8 Å². The van der Waals surface area contributed by atoms with Gasteiger partial charge in [-0.1, -0.05) is 19.9 Å². The lowest BCUT2D eigenvalue weighted by Gasteiger charge is -2.08. The third-order valence-corrected chi connectivity index (χ3v) is 1.60. The zero-order valence-electron chi connectivity index (χ0n) is 7.94. The minimum absolute atomic E-state index is 0.0351. The smallest absolute Gasteiger partial charge is 0.332 e. The molecule has 0 aromatic rings. The van der Waals surface area contributed by atoms with Crippen molar-refractivity contribution in [1.82, 2.24) is 0 Å². The van der Waals surface area contributed by atoms with Crippen LogP contribution in [0.1, 0.15) is 20.8 Å². The van der Waals surface area contributed by atoms with E-state index in [0.717, 1.165) is 0 Å². The predicted octanol–water partition coefficient (Wildman–Crippen LogP) is 1.37. The third-order valence-electron chi connectivity index (χ3n) is 1.60. The average Bonchev–Trinajstić information content (AvgIpc) is 1.97. The highest BCUT2D eigenvalue weighted by Crippen LogP contribution is 2.13. The van der Waals surface area contributed by atoms with Gasteiger partial charge in [0.15, 0.2) is 0 Å². The minimum atomic E-state index is -1.16. The fourth-order valence-corrected chi connectivity index (χ4v) is 0.893. The van der Waals surface area contributed by atoms with E-state index in [4.69, 9.17) is 10.2 Å². The second-order valence-corrected chi connectivity index (χ2v) is 3.23. The Morgan fingerprint density at radius 1 is 1.15 bits per heavy atom. The highest BCUT2D eigenvalue weighted by molar-refractivity contribution is 5.93. The summed E-state index contributed by atoms with van der Waals surface area (Å²) in [7, 11) is 0. The summed E-state index contributed by atoms with van der Waals surface area (Å²) in [6.07, 6.45) is 1.46. The van der Waals surface area contributed by atoms with E-state index in [1.165, 1.54) is 13.0 Å². The molecule has 0 spiro atoms. The van der Waals surface area contributed by atoms with E-state index in [1.807, 2.05) is 0 Å². The SMILES string of the molecule is CC(C)C=C(C(=O)O)C(C)C(=O)O. The van der Waals surface area contributed by atoms with Crippen LogP contribution in [-0.4, -0.2) is 22.2 Å². The van der Waals surface area contributed by atoms with Gasteiger partial charge >= 0.3 is 11.9 Å². The number of aliphatic carboxylic acids is 2. The summed E-state index contributed by atoms with van der Waals surface area (Å²) in [6, 6.07) is 0. The Morgan fingerprint density at radius 2 is 1.62 bits per heavy atom. The van der Waals surface area contributed by atoms with Gasteiger partial charge in [-0.15, -0.1) is 0 Å². The van der Waals surface area contributed by atoms with Gasteiger partial charge in [0, 0.05) is 5.57 Å². The molecule has 0 saturated carbocycles. The normalized spacial score (nSPS) is 14.3. The summed E-state index contributed by atoms with van der Waals surface area (Å²) in [5.41, 5.74) is -0.0532. The number of carboxylic acids is 2. The molecule has 0 heterocycles. The van der Waals surface area contributed by atoms with Gasteiger partial charge < -0.3 is 10.2 Å². The predicted molar refractivity (Wildman–Crippen MR) is 47.4 cm³/mol. The van der Waals surface area contributed by atoms with Crippen molar-refractivity contribution in [2.45, 2.75) is 20.8 Å². The monoisotopic (exact) mass is 186 g/mol. The number of carboxylic acid groups (broad SMARTS) is 2. The Morgan fingerprint density at radius 3 is 1.85 bits per heavy atom. The van der Waals surface area contributed by atoms with Crippen LogP contribution in [0.5, 0.6) is 0 Å². The second-order valence-electron chi connectivity index (χ2n) is 3.23. The standard InChI is InChI=1S/C9H14O4/c1-5(2)4-7(9(12)13)6(3)8(10)11/h4-6H,1-3H3,(H,10,11)(H,12,13). The first kappa shape index (κ1) is 11.7. The fraction of sp³-hybridized carbons (Fsp3) is 0.556. The Hall–Kier alpha value is -1.32. The van der Waals surface area contributed by atoms with Crippen LogP contribution in [0.4, 0.5) is 0 Å². The maximum absolute atomic E-state index is 10.6. The van der Waals surface area contributed by atoms with Crippen molar-refractivity contribution in [3.63, 3.8) is 0 Å². The molecular formula is C9H14O4. The molecule has 0 rings (SSSR count).